The van der Waals surface area contributed by atoms with Crippen LogP contribution < -0.4 is 10.5 Å². The van der Waals surface area contributed by atoms with Crippen LogP contribution in [-0.4, -0.2) is 6.54 Å². The van der Waals surface area contributed by atoms with E-state index in [0.717, 1.165) is 24.3 Å². The molecular weight excluding hydrogens is 282 g/mol. The number of hydrogen-bond donors (Lipinski definition) is 1. The Balaban J connectivity index is 1.63. The third-order valence-corrected chi connectivity index (χ3v) is 3.77. The summed E-state index contributed by atoms with van der Waals surface area (Å²) in [6, 6.07) is 26.8. The van der Waals surface area contributed by atoms with Crippen molar-refractivity contribution >= 4 is 0 Å². The number of benzene rings is 3. The van der Waals surface area contributed by atoms with Gasteiger partial charge in [0.05, 0.1) is 0 Å². The van der Waals surface area contributed by atoms with Gasteiger partial charge in [-0.15, -0.1) is 0 Å². The van der Waals surface area contributed by atoms with Crippen LogP contribution in [0.2, 0.25) is 0 Å². The molecule has 116 valence electrons. The number of ether oxygens (including phenoxy) is 1. The molecule has 0 saturated carbocycles. The standard InChI is InChI=1S/C21H21NO/c22-15-14-17-6-10-20(11-7-17)23-21-12-8-19(9-13-21)16-18-4-2-1-3-5-18/h1-13H,14-16,22H2. The van der Waals surface area contributed by atoms with Crippen molar-refractivity contribution in [1.82, 2.24) is 0 Å². The van der Waals surface area contributed by atoms with Gasteiger partial charge in [-0.1, -0.05) is 54.6 Å². The van der Waals surface area contributed by atoms with Gasteiger partial charge >= 0.3 is 0 Å². The number of rotatable bonds is 6. The molecule has 0 saturated heterocycles. The van der Waals surface area contributed by atoms with Crippen LogP contribution in [-0.2, 0) is 12.8 Å². The zero-order chi connectivity index (χ0) is 15.9. The highest BCUT2D eigenvalue weighted by molar-refractivity contribution is 5.36. The molecule has 2 nitrogen and oxygen atoms in total. The van der Waals surface area contributed by atoms with Gasteiger partial charge in [0.2, 0.25) is 0 Å². The van der Waals surface area contributed by atoms with Gasteiger partial charge in [0.1, 0.15) is 11.5 Å². The van der Waals surface area contributed by atoms with Crippen molar-refractivity contribution in [2.75, 3.05) is 6.54 Å². The van der Waals surface area contributed by atoms with Crippen molar-refractivity contribution in [1.29, 1.82) is 0 Å². The van der Waals surface area contributed by atoms with Crippen molar-refractivity contribution < 1.29 is 4.74 Å². The summed E-state index contributed by atoms with van der Waals surface area (Å²) < 4.78 is 5.89. The van der Waals surface area contributed by atoms with E-state index in [4.69, 9.17) is 10.5 Å². The maximum atomic E-state index is 5.89. The minimum absolute atomic E-state index is 0.670. The fraction of sp³-hybridized carbons (Fsp3) is 0.143. The van der Waals surface area contributed by atoms with E-state index in [9.17, 15) is 0 Å². The lowest BCUT2D eigenvalue weighted by Crippen LogP contribution is -2.02. The van der Waals surface area contributed by atoms with Crippen molar-refractivity contribution in [2.45, 2.75) is 12.8 Å². The van der Waals surface area contributed by atoms with E-state index in [1.165, 1.54) is 16.7 Å². The predicted molar refractivity (Wildman–Crippen MR) is 95.0 cm³/mol. The lowest BCUT2D eigenvalue weighted by Gasteiger charge is -2.08. The fourth-order valence-corrected chi connectivity index (χ4v) is 2.53. The molecule has 2 N–H and O–H groups in total. The average Bonchev–Trinajstić information content (AvgIpc) is 2.60. The van der Waals surface area contributed by atoms with Crippen molar-refractivity contribution in [3.8, 4) is 11.5 Å². The molecule has 0 aromatic heterocycles. The first-order chi connectivity index (χ1) is 11.3. The van der Waals surface area contributed by atoms with Crippen LogP contribution in [0.5, 0.6) is 11.5 Å². The van der Waals surface area contributed by atoms with Gasteiger partial charge in [-0.2, -0.15) is 0 Å². The maximum Gasteiger partial charge on any atom is 0.127 e. The predicted octanol–water partition coefficient (Wildman–Crippen LogP) is 4.57. The van der Waals surface area contributed by atoms with Crippen LogP contribution in [0, 0.1) is 0 Å². The largest absolute Gasteiger partial charge is 0.457 e. The highest BCUT2D eigenvalue weighted by atomic mass is 16.5. The lowest BCUT2D eigenvalue weighted by molar-refractivity contribution is 0.482. The normalized spacial score (nSPS) is 10.5. The average molecular weight is 303 g/mol. The fourth-order valence-electron chi connectivity index (χ4n) is 2.53. The van der Waals surface area contributed by atoms with Gasteiger partial charge in [-0.25, -0.2) is 0 Å². The summed E-state index contributed by atoms with van der Waals surface area (Å²) in [6.45, 7) is 0.670. The molecule has 3 aromatic carbocycles. The summed E-state index contributed by atoms with van der Waals surface area (Å²) in [5, 5.41) is 0. The topological polar surface area (TPSA) is 35.2 Å². The molecular formula is C21H21NO. The Morgan fingerprint density at radius 2 is 1.13 bits per heavy atom. The van der Waals surface area contributed by atoms with E-state index in [1.54, 1.807) is 0 Å². The third kappa shape index (κ3) is 4.44. The molecule has 2 heteroatoms. The second kappa shape index (κ2) is 7.61. The molecule has 0 aliphatic rings. The Morgan fingerprint density at radius 3 is 1.70 bits per heavy atom. The molecule has 0 aliphatic carbocycles. The van der Waals surface area contributed by atoms with E-state index >= 15 is 0 Å². The smallest absolute Gasteiger partial charge is 0.127 e. The first-order valence-corrected chi connectivity index (χ1v) is 7.93. The molecule has 0 radical (unpaired) electrons. The van der Waals surface area contributed by atoms with E-state index < -0.39 is 0 Å². The molecule has 0 fully saturated rings. The molecule has 0 heterocycles. The van der Waals surface area contributed by atoms with Crippen LogP contribution >= 0.6 is 0 Å². The zero-order valence-electron chi connectivity index (χ0n) is 13.1. The second-order valence-electron chi connectivity index (χ2n) is 5.59. The van der Waals surface area contributed by atoms with Crippen molar-refractivity contribution in [2.24, 2.45) is 5.73 Å². The zero-order valence-corrected chi connectivity index (χ0v) is 13.1. The molecule has 0 amide bonds. The second-order valence-corrected chi connectivity index (χ2v) is 5.59. The van der Waals surface area contributed by atoms with E-state index in [1.807, 2.05) is 30.3 Å². The van der Waals surface area contributed by atoms with Gasteiger partial charge in [-0.05, 0) is 60.3 Å². The first kappa shape index (κ1) is 15.3. The summed E-state index contributed by atoms with van der Waals surface area (Å²) in [7, 11) is 0. The monoisotopic (exact) mass is 303 g/mol. The SMILES string of the molecule is NCCc1ccc(Oc2ccc(Cc3ccccc3)cc2)cc1. The minimum atomic E-state index is 0.670. The molecule has 0 aliphatic heterocycles. The van der Waals surface area contributed by atoms with E-state index in [-0.39, 0.29) is 0 Å². The van der Waals surface area contributed by atoms with E-state index in [0.29, 0.717) is 6.54 Å². The maximum absolute atomic E-state index is 5.89. The van der Waals surface area contributed by atoms with Crippen molar-refractivity contribution in [3.05, 3.63) is 95.6 Å². The quantitative estimate of drug-likeness (QED) is 0.724. The van der Waals surface area contributed by atoms with Crippen LogP contribution in [0.3, 0.4) is 0 Å². The molecule has 0 bridgehead atoms. The number of nitrogens with two attached hydrogens (primary N) is 1. The first-order valence-electron chi connectivity index (χ1n) is 7.93. The Kier molecular flexibility index (Phi) is 5.07. The van der Waals surface area contributed by atoms with Gasteiger partial charge in [-0.3, -0.25) is 0 Å². The Bertz CT molecular complexity index is 718. The summed E-state index contributed by atoms with van der Waals surface area (Å²) in [4.78, 5) is 0. The molecule has 3 rings (SSSR count). The van der Waals surface area contributed by atoms with Crippen LogP contribution in [0.15, 0.2) is 78.9 Å². The molecule has 0 atom stereocenters. The summed E-state index contributed by atoms with van der Waals surface area (Å²) in [5.74, 6) is 1.70. The molecule has 0 unspecified atom stereocenters. The molecule has 3 aromatic rings. The summed E-state index contributed by atoms with van der Waals surface area (Å²) >= 11 is 0. The molecule has 0 spiro atoms. The lowest BCUT2D eigenvalue weighted by atomic mass is 10.1. The van der Waals surface area contributed by atoms with Crippen LogP contribution in [0.4, 0.5) is 0 Å². The summed E-state index contributed by atoms with van der Waals surface area (Å²) in [6.07, 6.45) is 1.84. The van der Waals surface area contributed by atoms with Crippen LogP contribution in [0.1, 0.15) is 16.7 Å². The van der Waals surface area contributed by atoms with Crippen LogP contribution in [0.25, 0.3) is 0 Å². The van der Waals surface area contributed by atoms with Gasteiger partial charge < -0.3 is 10.5 Å². The molecule has 23 heavy (non-hydrogen) atoms. The Hall–Kier alpha value is -2.58. The highest BCUT2D eigenvalue weighted by Gasteiger charge is 2.00. The number of hydrogen-bond acceptors (Lipinski definition) is 2. The minimum Gasteiger partial charge on any atom is -0.457 e. The van der Waals surface area contributed by atoms with Gasteiger partial charge in [0.15, 0.2) is 0 Å². The Morgan fingerprint density at radius 1 is 0.609 bits per heavy atom. The third-order valence-electron chi connectivity index (χ3n) is 3.77. The van der Waals surface area contributed by atoms with Gasteiger partial charge in [0, 0.05) is 0 Å². The van der Waals surface area contributed by atoms with Crippen molar-refractivity contribution in [3.63, 3.8) is 0 Å². The highest BCUT2D eigenvalue weighted by Crippen LogP contribution is 2.23. The van der Waals surface area contributed by atoms with E-state index in [2.05, 4.69) is 48.5 Å². The summed E-state index contributed by atoms with van der Waals surface area (Å²) in [5.41, 5.74) is 9.39. The Labute approximate surface area is 137 Å². The van der Waals surface area contributed by atoms with Gasteiger partial charge in [0.25, 0.3) is 0 Å².